The number of thioether (sulfide) groups is 1. The quantitative estimate of drug-likeness (QED) is 0.597. The van der Waals surface area contributed by atoms with Gasteiger partial charge < -0.3 is 0 Å². The zero-order chi connectivity index (χ0) is 8.43. The first-order valence-corrected chi connectivity index (χ1v) is 5.58. The van der Waals surface area contributed by atoms with Crippen LogP contribution in [0.1, 0.15) is 20.8 Å². The Labute approximate surface area is 74.5 Å². The van der Waals surface area contributed by atoms with Crippen LogP contribution in [0.5, 0.6) is 0 Å². The fourth-order valence-corrected chi connectivity index (χ4v) is 3.16. The van der Waals surface area contributed by atoms with E-state index in [4.69, 9.17) is 0 Å². The van der Waals surface area contributed by atoms with Crippen molar-refractivity contribution in [2.75, 3.05) is 18.6 Å². The monoisotopic (exact) mass is 173 g/mol. The smallest absolute Gasteiger partial charge is 0.0209 e. The van der Waals surface area contributed by atoms with Crippen molar-refractivity contribution in [3.63, 3.8) is 0 Å². The molecule has 2 heteroatoms. The van der Waals surface area contributed by atoms with E-state index in [1.807, 2.05) is 0 Å². The van der Waals surface area contributed by atoms with Crippen molar-refractivity contribution in [3.05, 3.63) is 0 Å². The van der Waals surface area contributed by atoms with Gasteiger partial charge in [-0.15, -0.1) is 0 Å². The molecule has 1 aliphatic rings. The molecule has 1 fully saturated rings. The second-order valence-electron chi connectivity index (χ2n) is 3.86. The van der Waals surface area contributed by atoms with Crippen molar-refractivity contribution in [1.82, 2.24) is 4.90 Å². The summed E-state index contributed by atoms with van der Waals surface area (Å²) in [5, 5.41) is 0. The topological polar surface area (TPSA) is 3.24 Å². The molecule has 0 aliphatic carbocycles. The highest BCUT2D eigenvalue weighted by Crippen LogP contribution is 2.24. The fraction of sp³-hybridized carbons (Fsp3) is 1.00. The van der Waals surface area contributed by atoms with E-state index in [1.165, 1.54) is 11.5 Å². The summed E-state index contributed by atoms with van der Waals surface area (Å²) < 4.78 is 0. The van der Waals surface area contributed by atoms with Gasteiger partial charge in [0.25, 0.3) is 0 Å². The Bertz CT molecular complexity index is 125. The molecular formula is C9H19NS. The van der Waals surface area contributed by atoms with Crippen molar-refractivity contribution in [1.29, 1.82) is 0 Å². The standard InChI is InChI=1S/C9H19NS/c1-7(2)9-6-11-5-8(3)10(9)4/h7-9H,5-6H2,1-4H3. The molecule has 1 saturated heterocycles. The third kappa shape index (κ3) is 2.12. The molecule has 0 radical (unpaired) electrons. The first-order valence-electron chi connectivity index (χ1n) is 4.42. The van der Waals surface area contributed by atoms with Crippen LogP contribution in [0.25, 0.3) is 0 Å². The van der Waals surface area contributed by atoms with Crippen molar-refractivity contribution >= 4 is 11.8 Å². The molecule has 0 saturated carbocycles. The lowest BCUT2D eigenvalue weighted by Crippen LogP contribution is -2.47. The van der Waals surface area contributed by atoms with Gasteiger partial charge in [0.15, 0.2) is 0 Å². The lowest BCUT2D eigenvalue weighted by molar-refractivity contribution is 0.167. The molecule has 1 rings (SSSR count). The lowest BCUT2D eigenvalue weighted by Gasteiger charge is -2.39. The van der Waals surface area contributed by atoms with E-state index in [2.05, 4.69) is 44.5 Å². The Balaban J connectivity index is 2.51. The van der Waals surface area contributed by atoms with Crippen LogP contribution in [-0.4, -0.2) is 35.5 Å². The number of rotatable bonds is 1. The van der Waals surface area contributed by atoms with Crippen LogP contribution in [0.4, 0.5) is 0 Å². The van der Waals surface area contributed by atoms with Gasteiger partial charge in [-0.2, -0.15) is 11.8 Å². The van der Waals surface area contributed by atoms with Crippen molar-refractivity contribution in [3.8, 4) is 0 Å². The van der Waals surface area contributed by atoms with Gasteiger partial charge in [-0.25, -0.2) is 0 Å². The molecular weight excluding hydrogens is 154 g/mol. The molecule has 0 N–H and O–H groups in total. The fourth-order valence-electron chi connectivity index (χ4n) is 1.58. The first kappa shape index (κ1) is 9.40. The third-order valence-electron chi connectivity index (χ3n) is 2.64. The summed E-state index contributed by atoms with van der Waals surface area (Å²) in [4.78, 5) is 2.53. The van der Waals surface area contributed by atoms with Gasteiger partial charge in [-0.1, -0.05) is 13.8 Å². The van der Waals surface area contributed by atoms with E-state index >= 15 is 0 Å². The van der Waals surface area contributed by atoms with E-state index in [-0.39, 0.29) is 0 Å². The average molecular weight is 173 g/mol. The summed E-state index contributed by atoms with van der Waals surface area (Å²) in [7, 11) is 2.26. The second kappa shape index (κ2) is 3.81. The SMILES string of the molecule is CC(C)C1CSCC(C)N1C. The van der Waals surface area contributed by atoms with Crippen LogP contribution < -0.4 is 0 Å². The molecule has 1 aliphatic heterocycles. The molecule has 0 aromatic carbocycles. The van der Waals surface area contributed by atoms with E-state index in [1.54, 1.807) is 0 Å². The molecule has 1 nitrogen and oxygen atoms in total. The Morgan fingerprint density at radius 1 is 1.36 bits per heavy atom. The maximum Gasteiger partial charge on any atom is 0.0209 e. The summed E-state index contributed by atoms with van der Waals surface area (Å²) in [6.45, 7) is 6.96. The predicted molar refractivity (Wildman–Crippen MR) is 53.2 cm³/mol. The molecule has 0 aromatic heterocycles. The van der Waals surface area contributed by atoms with E-state index in [0.29, 0.717) is 0 Å². The van der Waals surface area contributed by atoms with Gasteiger partial charge >= 0.3 is 0 Å². The summed E-state index contributed by atoms with van der Waals surface area (Å²) in [5.74, 6) is 3.42. The van der Waals surface area contributed by atoms with Gasteiger partial charge in [-0.3, -0.25) is 4.90 Å². The van der Waals surface area contributed by atoms with Crippen molar-refractivity contribution in [2.45, 2.75) is 32.9 Å². The highest BCUT2D eigenvalue weighted by Gasteiger charge is 2.26. The van der Waals surface area contributed by atoms with Crippen LogP contribution in [0.15, 0.2) is 0 Å². The molecule has 0 spiro atoms. The first-order chi connectivity index (χ1) is 5.13. The molecule has 0 bridgehead atoms. The molecule has 1 heterocycles. The van der Waals surface area contributed by atoms with E-state index in [0.717, 1.165) is 18.0 Å². The minimum Gasteiger partial charge on any atom is -0.299 e. The molecule has 0 aromatic rings. The van der Waals surface area contributed by atoms with Gasteiger partial charge in [-0.05, 0) is 19.9 Å². The van der Waals surface area contributed by atoms with Gasteiger partial charge in [0.1, 0.15) is 0 Å². The maximum atomic E-state index is 2.53. The molecule has 0 amide bonds. The highest BCUT2D eigenvalue weighted by molar-refractivity contribution is 7.99. The lowest BCUT2D eigenvalue weighted by atomic mass is 10.0. The predicted octanol–water partition coefficient (Wildman–Crippen LogP) is 2.08. The van der Waals surface area contributed by atoms with Crippen molar-refractivity contribution < 1.29 is 0 Å². The molecule has 11 heavy (non-hydrogen) atoms. The molecule has 2 unspecified atom stereocenters. The minimum absolute atomic E-state index is 0.765. The highest BCUT2D eigenvalue weighted by atomic mass is 32.2. The van der Waals surface area contributed by atoms with Crippen LogP contribution >= 0.6 is 11.8 Å². The van der Waals surface area contributed by atoms with E-state index < -0.39 is 0 Å². The van der Waals surface area contributed by atoms with Crippen LogP contribution in [0.2, 0.25) is 0 Å². The van der Waals surface area contributed by atoms with E-state index in [9.17, 15) is 0 Å². The number of nitrogens with zero attached hydrogens (tertiary/aromatic N) is 1. The summed E-state index contributed by atoms with van der Waals surface area (Å²) in [6.07, 6.45) is 0. The van der Waals surface area contributed by atoms with Crippen LogP contribution in [-0.2, 0) is 0 Å². The zero-order valence-electron chi connectivity index (χ0n) is 8.00. The van der Waals surface area contributed by atoms with Gasteiger partial charge in [0.2, 0.25) is 0 Å². The number of hydrogen-bond acceptors (Lipinski definition) is 2. The zero-order valence-corrected chi connectivity index (χ0v) is 8.82. The summed E-state index contributed by atoms with van der Waals surface area (Å²) in [5.41, 5.74) is 0. The van der Waals surface area contributed by atoms with Gasteiger partial charge in [0, 0.05) is 23.6 Å². The average Bonchev–Trinajstić information content (AvgIpc) is 1.94. The largest absolute Gasteiger partial charge is 0.299 e. The normalized spacial score (nSPS) is 34.6. The maximum absolute atomic E-state index is 2.53. The Morgan fingerprint density at radius 2 is 2.00 bits per heavy atom. The van der Waals surface area contributed by atoms with Crippen LogP contribution in [0, 0.1) is 5.92 Å². The summed E-state index contributed by atoms with van der Waals surface area (Å²) in [6, 6.07) is 1.56. The van der Waals surface area contributed by atoms with Crippen LogP contribution in [0.3, 0.4) is 0 Å². The molecule has 66 valence electrons. The van der Waals surface area contributed by atoms with Crippen molar-refractivity contribution in [2.24, 2.45) is 5.92 Å². The van der Waals surface area contributed by atoms with Gasteiger partial charge in [0.05, 0.1) is 0 Å². The molecule has 2 atom stereocenters. The minimum atomic E-state index is 0.765. The Kier molecular flexibility index (Phi) is 3.26. The third-order valence-corrected chi connectivity index (χ3v) is 3.93. The number of hydrogen-bond donors (Lipinski definition) is 0. The summed E-state index contributed by atoms with van der Waals surface area (Å²) >= 11 is 2.10. The Hall–Kier alpha value is 0.310. The Morgan fingerprint density at radius 3 is 2.45 bits per heavy atom. The second-order valence-corrected chi connectivity index (χ2v) is 4.94.